The van der Waals surface area contributed by atoms with Crippen LogP contribution in [0.15, 0.2) is 36.0 Å². The highest BCUT2D eigenvalue weighted by Gasteiger charge is 2.45. The van der Waals surface area contributed by atoms with Gasteiger partial charge in [-0.1, -0.05) is 19.9 Å². The summed E-state index contributed by atoms with van der Waals surface area (Å²) < 4.78 is 4.93. The molecule has 0 radical (unpaired) electrons. The average molecular weight is 384 g/mol. The number of allylic oxidation sites excluding steroid dienone is 2. The Morgan fingerprint density at radius 3 is 2.54 bits per heavy atom. The van der Waals surface area contributed by atoms with E-state index in [0.717, 1.165) is 0 Å². The van der Waals surface area contributed by atoms with Crippen LogP contribution in [0.3, 0.4) is 0 Å². The van der Waals surface area contributed by atoms with Gasteiger partial charge in [0.1, 0.15) is 5.78 Å². The minimum Gasteiger partial charge on any atom is -0.462 e. The largest absolute Gasteiger partial charge is 0.462 e. The number of ketones is 1. The molecule has 7 nitrogen and oxygen atoms in total. The summed E-state index contributed by atoms with van der Waals surface area (Å²) in [6.07, 6.45) is 2.17. The first-order chi connectivity index (χ1) is 13.2. The molecule has 2 atom stereocenters. The van der Waals surface area contributed by atoms with Crippen LogP contribution in [0.1, 0.15) is 44.0 Å². The van der Waals surface area contributed by atoms with Crippen molar-refractivity contribution in [2.75, 3.05) is 11.9 Å². The van der Waals surface area contributed by atoms with Gasteiger partial charge in [-0.15, -0.1) is 0 Å². The Morgan fingerprint density at radius 2 is 1.89 bits per heavy atom. The van der Waals surface area contributed by atoms with Crippen molar-refractivity contribution >= 4 is 29.3 Å². The molecule has 2 aliphatic rings. The third-order valence-electron chi connectivity index (χ3n) is 4.95. The van der Waals surface area contributed by atoms with E-state index in [1.54, 1.807) is 31.2 Å². The number of hydrogen-bond donors (Lipinski definition) is 2. The zero-order valence-corrected chi connectivity index (χ0v) is 16.2. The van der Waals surface area contributed by atoms with E-state index >= 15 is 0 Å². The first kappa shape index (κ1) is 19.8. The van der Waals surface area contributed by atoms with Gasteiger partial charge >= 0.3 is 5.97 Å². The fourth-order valence-corrected chi connectivity index (χ4v) is 3.76. The SMILES string of the molecule is CCOC(=O)c1ccc(NC(=O)[C@@H]2CC(=O)NC3=CC(C)(C)CC(=O)[C@H]32)cc1. The molecule has 2 N–H and O–H groups in total. The second-order valence-corrected chi connectivity index (χ2v) is 7.85. The van der Waals surface area contributed by atoms with Gasteiger partial charge in [-0.05, 0) is 36.6 Å². The van der Waals surface area contributed by atoms with E-state index < -0.39 is 17.8 Å². The molecule has 148 valence electrons. The van der Waals surface area contributed by atoms with Gasteiger partial charge in [-0.2, -0.15) is 0 Å². The van der Waals surface area contributed by atoms with Gasteiger partial charge < -0.3 is 15.4 Å². The Balaban J connectivity index is 1.77. The Kier molecular flexibility index (Phi) is 5.36. The van der Waals surface area contributed by atoms with Crippen molar-refractivity contribution in [1.82, 2.24) is 5.32 Å². The number of anilines is 1. The maximum atomic E-state index is 12.8. The van der Waals surface area contributed by atoms with Crippen LogP contribution in [-0.4, -0.2) is 30.2 Å². The molecule has 1 heterocycles. The van der Waals surface area contributed by atoms with Crippen LogP contribution in [-0.2, 0) is 19.1 Å². The maximum Gasteiger partial charge on any atom is 0.338 e. The van der Waals surface area contributed by atoms with E-state index in [0.29, 0.717) is 23.4 Å². The molecule has 1 fully saturated rings. The van der Waals surface area contributed by atoms with Crippen LogP contribution in [0.5, 0.6) is 0 Å². The number of benzene rings is 1. The van der Waals surface area contributed by atoms with Crippen LogP contribution in [0.2, 0.25) is 0 Å². The molecule has 0 unspecified atom stereocenters. The zero-order chi connectivity index (χ0) is 20.5. The number of Topliss-reactive ketones (excluding diaryl/α,β-unsaturated/α-hetero) is 1. The number of rotatable bonds is 4. The third kappa shape index (κ3) is 4.13. The van der Waals surface area contributed by atoms with Crippen molar-refractivity contribution in [3.8, 4) is 0 Å². The van der Waals surface area contributed by atoms with Gasteiger partial charge in [-0.3, -0.25) is 14.4 Å². The summed E-state index contributed by atoms with van der Waals surface area (Å²) in [5.74, 6) is -2.53. The standard InChI is InChI=1S/C21H24N2O5/c1-4-28-20(27)12-5-7-13(8-6-12)22-19(26)14-9-17(25)23-15-10-21(2,3)11-16(24)18(14)15/h5-8,10,14,18H,4,9,11H2,1-3H3,(H,22,26)(H,23,25)/t14-,18+/m1/s1. The molecule has 3 rings (SSSR count). The number of carbonyl (C=O) groups excluding carboxylic acids is 4. The molecule has 1 aliphatic carbocycles. The van der Waals surface area contributed by atoms with Gasteiger partial charge in [0, 0.05) is 24.2 Å². The van der Waals surface area contributed by atoms with E-state index in [1.807, 2.05) is 19.9 Å². The summed E-state index contributed by atoms with van der Waals surface area (Å²) in [7, 11) is 0. The molecule has 1 aliphatic heterocycles. The molecule has 2 amide bonds. The average Bonchev–Trinajstić information content (AvgIpc) is 2.60. The van der Waals surface area contributed by atoms with Crippen molar-refractivity contribution in [2.45, 2.75) is 33.6 Å². The smallest absolute Gasteiger partial charge is 0.338 e. The highest BCUT2D eigenvalue weighted by atomic mass is 16.5. The van der Waals surface area contributed by atoms with Gasteiger partial charge in [0.25, 0.3) is 0 Å². The van der Waals surface area contributed by atoms with Crippen LogP contribution < -0.4 is 10.6 Å². The van der Waals surface area contributed by atoms with Crippen molar-refractivity contribution in [3.63, 3.8) is 0 Å². The van der Waals surface area contributed by atoms with Gasteiger partial charge in [0.2, 0.25) is 11.8 Å². The lowest BCUT2D eigenvalue weighted by molar-refractivity contribution is -0.136. The van der Waals surface area contributed by atoms with Crippen molar-refractivity contribution in [3.05, 3.63) is 41.6 Å². The number of nitrogens with one attached hydrogen (secondary N) is 2. The Bertz CT molecular complexity index is 854. The van der Waals surface area contributed by atoms with Crippen LogP contribution >= 0.6 is 0 Å². The molecule has 0 saturated carbocycles. The molecule has 0 aromatic heterocycles. The number of esters is 1. The summed E-state index contributed by atoms with van der Waals surface area (Å²) in [4.78, 5) is 49.3. The number of fused-ring (bicyclic) bond motifs is 1. The summed E-state index contributed by atoms with van der Waals surface area (Å²) >= 11 is 0. The Morgan fingerprint density at radius 1 is 1.21 bits per heavy atom. The molecule has 7 heteroatoms. The first-order valence-electron chi connectivity index (χ1n) is 9.33. The van der Waals surface area contributed by atoms with Gasteiger partial charge in [-0.25, -0.2) is 4.79 Å². The minimum absolute atomic E-state index is 0.0408. The van der Waals surface area contributed by atoms with Crippen molar-refractivity contribution < 1.29 is 23.9 Å². The zero-order valence-electron chi connectivity index (χ0n) is 16.2. The number of hydrogen-bond acceptors (Lipinski definition) is 5. The lowest BCUT2D eigenvalue weighted by Crippen LogP contribution is -2.49. The fraction of sp³-hybridized carbons (Fsp3) is 0.429. The lowest BCUT2D eigenvalue weighted by Gasteiger charge is -2.38. The molecule has 28 heavy (non-hydrogen) atoms. The quantitative estimate of drug-likeness (QED) is 0.777. The molecular formula is C21H24N2O5. The normalized spacial score (nSPS) is 23.2. The van der Waals surface area contributed by atoms with Crippen molar-refractivity contribution in [2.24, 2.45) is 17.3 Å². The number of piperidine rings is 1. The molecule has 1 saturated heterocycles. The predicted molar refractivity (Wildman–Crippen MR) is 102 cm³/mol. The molecule has 0 bridgehead atoms. The van der Waals surface area contributed by atoms with Crippen LogP contribution in [0.25, 0.3) is 0 Å². The summed E-state index contributed by atoms with van der Waals surface area (Å²) in [6.45, 7) is 5.86. The predicted octanol–water partition coefficient (Wildman–Crippen LogP) is 2.44. The highest BCUT2D eigenvalue weighted by Crippen LogP contribution is 2.40. The van der Waals surface area contributed by atoms with Crippen LogP contribution in [0.4, 0.5) is 5.69 Å². The number of carbonyl (C=O) groups is 4. The maximum absolute atomic E-state index is 12.8. The minimum atomic E-state index is -0.756. The molecule has 0 spiro atoms. The fourth-order valence-electron chi connectivity index (χ4n) is 3.76. The highest BCUT2D eigenvalue weighted by molar-refractivity contribution is 6.02. The summed E-state index contributed by atoms with van der Waals surface area (Å²) in [6, 6.07) is 6.30. The number of ether oxygens (including phenoxy) is 1. The summed E-state index contributed by atoms with van der Waals surface area (Å²) in [5, 5.41) is 5.51. The Hall–Kier alpha value is -2.96. The monoisotopic (exact) mass is 384 g/mol. The molecule has 1 aromatic rings. The topological polar surface area (TPSA) is 102 Å². The van der Waals surface area contributed by atoms with E-state index in [-0.39, 0.29) is 36.0 Å². The van der Waals surface area contributed by atoms with E-state index in [1.165, 1.54) is 0 Å². The van der Waals surface area contributed by atoms with Gasteiger partial charge in [0.05, 0.1) is 24.0 Å². The lowest BCUT2D eigenvalue weighted by atomic mass is 9.69. The van der Waals surface area contributed by atoms with E-state index in [4.69, 9.17) is 4.74 Å². The van der Waals surface area contributed by atoms with Gasteiger partial charge in [0.15, 0.2) is 0 Å². The summed E-state index contributed by atoms with van der Waals surface area (Å²) in [5.41, 5.74) is 1.04. The number of amides is 2. The molecular weight excluding hydrogens is 360 g/mol. The first-order valence-corrected chi connectivity index (χ1v) is 9.33. The van der Waals surface area contributed by atoms with Crippen molar-refractivity contribution in [1.29, 1.82) is 0 Å². The third-order valence-corrected chi connectivity index (χ3v) is 4.95. The molecule has 1 aromatic carbocycles. The Labute approximate surface area is 163 Å². The second-order valence-electron chi connectivity index (χ2n) is 7.85. The van der Waals surface area contributed by atoms with E-state index in [9.17, 15) is 19.2 Å². The second kappa shape index (κ2) is 7.58. The van der Waals surface area contributed by atoms with Crippen LogP contribution in [0, 0.1) is 17.3 Å². The van der Waals surface area contributed by atoms with E-state index in [2.05, 4.69) is 10.6 Å².